The fourth-order valence-corrected chi connectivity index (χ4v) is 3.43. The van der Waals surface area contributed by atoms with Crippen molar-refractivity contribution in [1.29, 1.82) is 0 Å². The smallest absolute Gasteiger partial charge is 0.269 e. The maximum Gasteiger partial charge on any atom is 0.269 e. The fraction of sp³-hybridized carbons (Fsp3) is 0.333. The maximum atomic E-state index is 12.4. The van der Waals surface area contributed by atoms with E-state index in [0.29, 0.717) is 17.0 Å². The molecule has 0 radical (unpaired) electrons. The number of fused-ring (bicyclic) bond motifs is 1. The van der Waals surface area contributed by atoms with Gasteiger partial charge in [-0.15, -0.1) is 0 Å². The third kappa shape index (κ3) is 4.57. The van der Waals surface area contributed by atoms with Gasteiger partial charge in [0.05, 0.1) is 5.92 Å². The predicted molar refractivity (Wildman–Crippen MR) is 110 cm³/mol. The third-order valence-electron chi connectivity index (χ3n) is 4.86. The van der Waals surface area contributed by atoms with Gasteiger partial charge in [-0.1, -0.05) is 11.6 Å². The van der Waals surface area contributed by atoms with Gasteiger partial charge in [-0.3, -0.25) is 20.4 Å². The molecular weight excluding hydrogens is 378 g/mol. The van der Waals surface area contributed by atoms with Gasteiger partial charge in [0.15, 0.2) is 0 Å². The lowest BCUT2D eigenvalue weighted by Crippen LogP contribution is -2.47. The summed E-state index contributed by atoms with van der Waals surface area (Å²) in [5, 5.41) is 0.602. The second-order valence-electron chi connectivity index (χ2n) is 6.63. The van der Waals surface area contributed by atoms with Crippen LogP contribution in [0.3, 0.4) is 0 Å². The normalized spacial score (nSPS) is 15.2. The summed E-state index contributed by atoms with van der Waals surface area (Å²) >= 11 is 6.01. The molecule has 1 atom stereocenters. The molecule has 148 valence electrons. The van der Waals surface area contributed by atoms with Crippen LogP contribution in [0.15, 0.2) is 42.5 Å². The van der Waals surface area contributed by atoms with E-state index in [1.165, 1.54) is 0 Å². The van der Waals surface area contributed by atoms with Gasteiger partial charge in [0, 0.05) is 29.4 Å². The van der Waals surface area contributed by atoms with Gasteiger partial charge in [-0.05, 0) is 68.3 Å². The molecule has 3 rings (SSSR count). The minimum absolute atomic E-state index is 0.259. The second-order valence-corrected chi connectivity index (χ2v) is 7.06. The number of hydrogen-bond donors (Lipinski definition) is 2. The van der Waals surface area contributed by atoms with Crippen LogP contribution >= 0.6 is 11.6 Å². The highest BCUT2D eigenvalue weighted by Gasteiger charge is 2.26. The van der Waals surface area contributed by atoms with Crippen LogP contribution in [0.4, 0.5) is 5.69 Å². The van der Waals surface area contributed by atoms with Crippen LogP contribution in [-0.2, 0) is 11.2 Å². The van der Waals surface area contributed by atoms with Gasteiger partial charge < -0.3 is 9.64 Å². The lowest BCUT2D eigenvalue weighted by atomic mass is 9.96. The Morgan fingerprint density at radius 1 is 1.11 bits per heavy atom. The molecule has 7 heteroatoms. The van der Waals surface area contributed by atoms with Crippen molar-refractivity contribution in [3.05, 3.63) is 58.6 Å². The number of amides is 2. The molecule has 2 N–H and O–H groups in total. The molecule has 2 aromatic carbocycles. The van der Waals surface area contributed by atoms with Crippen molar-refractivity contribution in [1.82, 2.24) is 10.9 Å². The number of nitrogens with one attached hydrogen (secondary N) is 2. The first kappa shape index (κ1) is 20.0. The van der Waals surface area contributed by atoms with E-state index in [0.717, 1.165) is 30.1 Å². The molecule has 1 aliphatic heterocycles. The van der Waals surface area contributed by atoms with Gasteiger partial charge >= 0.3 is 0 Å². The number of carbonyl (C=O) groups excluding carboxylic acids is 2. The third-order valence-corrected chi connectivity index (χ3v) is 5.09. The van der Waals surface area contributed by atoms with Crippen LogP contribution in [0.25, 0.3) is 0 Å². The molecule has 0 spiro atoms. The molecule has 0 saturated carbocycles. The van der Waals surface area contributed by atoms with E-state index in [9.17, 15) is 9.59 Å². The number of carbonyl (C=O) groups is 2. The topological polar surface area (TPSA) is 70.7 Å². The van der Waals surface area contributed by atoms with Crippen LogP contribution < -0.4 is 20.5 Å². The minimum atomic E-state index is -0.392. The molecule has 0 bridgehead atoms. The van der Waals surface area contributed by atoms with Crippen LogP contribution in [0.2, 0.25) is 5.02 Å². The first-order valence-corrected chi connectivity index (χ1v) is 9.76. The van der Waals surface area contributed by atoms with E-state index in [4.69, 9.17) is 16.3 Å². The summed E-state index contributed by atoms with van der Waals surface area (Å²) in [6.07, 6.45) is 0.510. The highest BCUT2D eigenvalue weighted by Crippen LogP contribution is 2.29. The minimum Gasteiger partial charge on any atom is -0.492 e. The van der Waals surface area contributed by atoms with Crippen molar-refractivity contribution in [2.24, 2.45) is 5.92 Å². The quantitative estimate of drug-likeness (QED) is 0.755. The molecule has 0 aromatic heterocycles. The Balaban J connectivity index is 1.55. The summed E-state index contributed by atoms with van der Waals surface area (Å²) in [5.74, 6) is -0.305. The highest BCUT2D eigenvalue weighted by molar-refractivity contribution is 6.30. The van der Waals surface area contributed by atoms with Crippen molar-refractivity contribution < 1.29 is 14.3 Å². The van der Waals surface area contributed by atoms with E-state index in [1.807, 2.05) is 12.1 Å². The Hall–Kier alpha value is -2.73. The van der Waals surface area contributed by atoms with Crippen LogP contribution in [0, 0.1) is 5.92 Å². The fourth-order valence-electron chi connectivity index (χ4n) is 3.24. The van der Waals surface area contributed by atoms with Crippen LogP contribution in [0.5, 0.6) is 5.75 Å². The largest absolute Gasteiger partial charge is 0.492 e. The standard InChI is InChI=1S/C21H24ClN3O3/c1-3-25(4-2)18-8-5-14(6-9-18)20(26)23-24-21(27)16-11-15-12-17(22)7-10-19(15)28-13-16/h5-10,12,16H,3-4,11,13H2,1-2H3,(H,23,26)(H,24,27)/t16-/m1/s1. The Morgan fingerprint density at radius 2 is 1.82 bits per heavy atom. The average Bonchev–Trinajstić information content (AvgIpc) is 2.72. The van der Waals surface area contributed by atoms with E-state index >= 15 is 0 Å². The lowest BCUT2D eigenvalue weighted by molar-refractivity contribution is -0.127. The van der Waals surface area contributed by atoms with Gasteiger partial charge in [0.2, 0.25) is 5.91 Å². The number of hydrazine groups is 1. The Kier molecular flexibility index (Phi) is 6.41. The molecule has 0 aliphatic carbocycles. The second kappa shape index (κ2) is 8.97. The van der Waals surface area contributed by atoms with Crippen molar-refractivity contribution in [3.63, 3.8) is 0 Å². The predicted octanol–water partition coefficient (Wildman–Crippen LogP) is 3.20. The molecule has 2 amide bonds. The molecule has 1 aliphatic rings. The van der Waals surface area contributed by atoms with Crippen LogP contribution in [-0.4, -0.2) is 31.5 Å². The highest BCUT2D eigenvalue weighted by atomic mass is 35.5. The van der Waals surface area contributed by atoms with E-state index in [-0.39, 0.29) is 18.4 Å². The summed E-state index contributed by atoms with van der Waals surface area (Å²) < 4.78 is 5.62. The number of benzene rings is 2. The zero-order chi connectivity index (χ0) is 20.1. The number of ether oxygens (including phenoxy) is 1. The molecule has 0 saturated heterocycles. The first-order chi connectivity index (χ1) is 13.5. The number of hydrogen-bond acceptors (Lipinski definition) is 4. The SMILES string of the molecule is CCN(CC)c1ccc(C(=O)NNC(=O)[C@H]2COc3ccc(Cl)cc3C2)cc1. The molecular formula is C21H24ClN3O3. The summed E-state index contributed by atoms with van der Waals surface area (Å²) in [4.78, 5) is 26.9. The molecule has 0 unspecified atom stereocenters. The Bertz CT molecular complexity index is 850. The average molecular weight is 402 g/mol. The molecule has 1 heterocycles. The van der Waals surface area contributed by atoms with E-state index in [1.54, 1.807) is 30.3 Å². The Labute approximate surface area is 169 Å². The molecule has 0 fully saturated rings. The van der Waals surface area contributed by atoms with E-state index in [2.05, 4.69) is 29.6 Å². The van der Waals surface area contributed by atoms with Crippen molar-refractivity contribution in [3.8, 4) is 5.75 Å². The van der Waals surface area contributed by atoms with Gasteiger partial charge in [-0.2, -0.15) is 0 Å². The van der Waals surface area contributed by atoms with Crippen molar-refractivity contribution in [2.75, 3.05) is 24.6 Å². The zero-order valence-electron chi connectivity index (χ0n) is 16.0. The lowest BCUT2D eigenvalue weighted by Gasteiger charge is -2.24. The molecule has 6 nitrogen and oxygen atoms in total. The van der Waals surface area contributed by atoms with Gasteiger partial charge in [-0.25, -0.2) is 0 Å². The summed E-state index contributed by atoms with van der Waals surface area (Å²) in [7, 11) is 0. The Morgan fingerprint density at radius 3 is 2.50 bits per heavy atom. The van der Waals surface area contributed by atoms with Crippen LogP contribution in [0.1, 0.15) is 29.8 Å². The van der Waals surface area contributed by atoms with Crippen molar-refractivity contribution >= 4 is 29.1 Å². The number of halogens is 1. The van der Waals surface area contributed by atoms with Crippen molar-refractivity contribution in [2.45, 2.75) is 20.3 Å². The summed E-state index contributed by atoms with van der Waals surface area (Å²) in [6, 6.07) is 12.7. The number of rotatable bonds is 5. The maximum absolute atomic E-state index is 12.4. The molecule has 2 aromatic rings. The zero-order valence-corrected chi connectivity index (χ0v) is 16.8. The first-order valence-electron chi connectivity index (χ1n) is 9.38. The number of nitrogens with zero attached hydrogens (tertiary/aromatic N) is 1. The summed E-state index contributed by atoms with van der Waals surface area (Å²) in [5.41, 5.74) is 7.39. The monoisotopic (exact) mass is 401 g/mol. The van der Waals surface area contributed by atoms with Gasteiger partial charge in [0.1, 0.15) is 12.4 Å². The number of anilines is 1. The summed E-state index contributed by atoms with van der Waals surface area (Å²) in [6.45, 7) is 6.22. The van der Waals surface area contributed by atoms with E-state index < -0.39 is 5.92 Å². The van der Waals surface area contributed by atoms with Gasteiger partial charge in [0.25, 0.3) is 5.91 Å². The molecule has 28 heavy (non-hydrogen) atoms.